The van der Waals surface area contributed by atoms with E-state index in [1.165, 1.54) is 4.88 Å². The lowest BCUT2D eigenvalue weighted by atomic mass is 9.95. The molecule has 0 aliphatic heterocycles. The summed E-state index contributed by atoms with van der Waals surface area (Å²) in [5.74, 6) is 0.791. The van der Waals surface area contributed by atoms with E-state index in [2.05, 4.69) is 48.8 Å². The largest absolute Gasteiger partial charge is 0.452 e. The second-order valence-corrected chi connectivity index (χ2v) is 6.97. The molecule has 4 heteroatoms. The minimum Gasteiger partial charge on any atom is -0.452 e. The fourth-order valence-electron chi connectivity index (χ4n) is 1.56. The summed E-state index contributed by atoms with van der Waals surface area (Å²) in [7, 11) is 0. The number of rotatable bonds is 2. The number of hydrogen-bond donors (Lipinski definition) is 1. The zero-order chi connectivity index (χ0) is 12.6. The van der Waals surface area contributed by atoms with Crippen molar-refractivity contribution in [3.8, 4) is 0 Å². The minimum atomic E-state index is -0.178. The molecule has 1 unspecified atom stereocenters. The highest BCUT2D eigenvalue weighted by Gasteiger charge is 2.20. The highest BCUT2D eigenvalue weighted by molar-refractivity contribution is 9.10. The van der Waals surface area contributed by atoms with Crippen LogP contribution >= 0.6 is 27.3 Å². The van der Waals surface area contributed by atoms with Gasteiger partial charge in [0.15, 0.2) is 4.67 Å². The number of thiophene rings is 1. The Morgan fingerprint density at radius 1 is 1.24 bits per heavy atom. The molecular formula is C13H16BrNOS. The fraction of sp³-hybridized carbons (Fsp3) is 0.385. The molecule has 2 aromatic heterocycles. The fourth-order valence-corrected chi connectivity index (χ4v) is 2.95. The SMILES string of the molecule is CC(C)(C)c1ccc(C(N)c2ccc(Br)o2)s1. The molecule has 2 nitrogen and oxygen atoms in total. The first kappa shape index (κ1) is 12.9. The van der Waals surface area contributed by atoms with Gasteiger partial charge in [-0.05, 0) is 45.6 Å². The third-order valence-corrected chi connectivity index (χ3v) is 4.59. The van der Waals surface area contributed by atoms with Crippen molar-refractivity contribution in [2.24, 2.45) is 5.73 Å². The quantitative estimate of drug-likeness (QED) is 0.889. The molecule has 0 bridgehead atoms. The molecule has 92 valence electrons. The second kappa shape index (κ2) is 4.59. The van der Waals surface area contributed by atoms with Gasteiger partial charge in [-0.3, -0.25) is 0 Å². The Bertz CT molecular complexity index is 509. The third kappa shape index (κ3) is 2.81. The summed E-state index contributed by atoms with van der Waals surface area (Å²) in [6, 6.07) is 7.84. The average Bonchev–Trinajstić information content (AvgIpc) is 2.83. The Kier molecular flexibility index (Phi) is 3.48. The van der Waals surface area contributed by atoms with E-state index >= 15 is 0 Å². The Hall–Kier alpha value is -0.580. The number of furan rings is 1. The van der Waals surface area contributed by atoms with Gasteiger partial charge in [0, 0.05) is 9.75 Å². The smallest absolute Gasteiger partial charge is 0.169 e. The van der Waals surface area contributed by atoms with Crippen LogP contribution in [0.2, 0.25) is 0 Å². The molecule has 0 aromatic carbocycles. The Morgan fingerprint density at radius 3 is 2.41 bits per heavy atom. The summed E-state index contributed by atoms with van der Waals surface area (Å²) in [5.41, 5.74) is 6.36. The Labute approximate surface area is 114 Å². The van der Waals surface area contributed by atoms with Gasteiger partial charge in [0.1, 0.15) is 5.76 Å². The van der Waals surface area contributed by atoms with Gasteiger partial charge in [0.05, 0.1) is 6.04 Å². The molecule has 0 amide bonds. The van der Waals surface area contributed by atoms with Crippen LogP contribution in [0.1, 0.15) is 42.3 Å². The molecule has 0 radical (unpaired) electrons. The zero-order valence-electron chi connectivity index (χ0n) is 10.2. The lowest BCUT2D eigenvalue weighted by molar-refractivity contribution is 0.472. The zero-order valence-corrected chi connectivity index (χ0v) is 12.6. The second-order valence-electron chi connectivity index (χ2n) is 5.07. The summed E-state index contributed by atoms with van der Waals surface area (Å²) in [6.45, 7) is 6.62. The van der Waals surface area contributed by atoms with Crippen molar-refractivity contribution in [1.29, 1.82) is 0 Å². The maximum atomic E-state index is 6.18. The third-order valence-electron chi connectivity index (χ3n) is 2.57. The molecule has 0 saturated carbocycles. The van der Waals surface area contributed by atoms with Gasteiger partial charge >= 0.3 is 0 Å². The maximum absolute atomic E-state index is 6.18. The van der Waals surface area contributed by atoms with E-state index in [4.69, 9.17) is 10.2 Å². The van der Waals surface area contributed by atoms with Gasteiger partial charge in [-0.25, -0.2) is 0 Å². The summed E-state index contributed by atoms with van der Waals surface area (Å²) >= 11 is 5.04. The number of halogens is 1. The lowest BCUT2D eigenvalue weighted by Gasteiger charge is -2.15. The molecule has 1 atom stereocenters. The van der Waals surface area contributed by atoms with Crippen LogP contribution in [-0.4, -0.2) is 0 Å². The van der Waals surface area contributed by atoms with Crippen LogP contribution in [0, 0.1) is 0 Å². The standard InChI is InChI=1S/C13H16BrNOS/c1-13(2,3)10-6-5-9(17-10)12(15)8-4-7-11(14)16-8/h4-7,12H,15H2,1-3H3. The minimum absolute atomic E-state index is 0.173. The average molecular weight is 314 g/mol. The van der Waals surface area contributed by atoms with Crippen LogP contribution in [0.4, 0.5) is 0 Å². The first-order chi connectivity index (χ1) is 7.88. The van der Waals surface area contributed by atoms with E-state index in [-0.39, 0.29) is 11.5 Å². The van der Waals surface area contributed by atoms with Gasteiger partial charge in [-0.1, -0.05) is 20.8 Å². The summed E-state index contributed by atoms with van der Waals surface area (Å²) in [6.07, 6.45) is 0. The molecule has 2 heterocycles. The van der Waals surface area contributed by atoms with Crippen molar-refractivity contribution in [2.45, 2.75) is 32.2 Å². The molecule has 0 fully saturated rings. The van der Waals surface area contributed by atoms with Crippen molar-refractivity contribution >= 4 is 27.3 Å². The van der Waals surface area contributed by atoms with Gasteiger partial charge in [0.2, 0.25) is 0 Å². The van der Waals surface area contributed by atoms with Crippen LogP contribution < -0.4 is 5.73 Å². The molecule has 2 N–H and O–H groups in total. The predicted molar refractivity (Wildman–Crippen MR) is 75.5 cm³/mol. The maximum Gasteiger partial charge on any atom is 0.169 e. The van der Waals surface area contributed by atoms with Crippen LogP contribution in [0.15, 0.2) is 33.4 Å². The predicted octanol–water partition coefficient (Wildman–Crippen LogP) is 4.45. The van der Waals surface area contributed by atoms with Crippen LogP contribution in [-0.2, 0) is 5.41 Å². The topological polar surface area (TPSA) is 39.2 Å². The van der Waals surface area contributed by atoms with Crippen LogP contribution in [0.3, 0.4) is 0 Å². The molecule has 17 heavy (non-hydrogen) atoms. The molecule has 0 saturated heterocycles. The number of hydrogen-bond acceptors (Lipinski definition) is 3. The summed E-state index contributed by atoms with van der Waals surface area (Å²) in [4.78, 5) is 2.48. The first-order valence-corrected chi connectivity index (χ1v) is 7.10. The normalized spacial score (nSPS) is 13.9. The van der Waals surface area contributed by atoms with Crippen molar-refractivity contribution in [3.63, 3.8) is 0 Å². The van der Waals surface area contributed by atoms with Crippen LogP contribution in [0.5, 0.6) is 0 Å². The molecule has 0 aliphatic rings. The molecular weight excluding hydrogens is 298 g/mol. The molecule has 0 aliphatic carbocycles. The monoisotopic (exact) mass is 313 g/mol. The summed E-state index contributed by atoms with van der Waals surface area (Å²) in [5, 5.41) is 0. The molecule has 2 aromatic rings. The van der Waals surface area contributed by atoms with Crippen molar-refractivity contribution < 1.29 is 4.42 Å². The van der Waals surface area contributed by atoms with Gasteiger partial charge in [-0.15, -0.1) is 11.3 Å². The Morgan fingerprint density at radius 2 is 1.94 bits per heavy atom. The van der Waals surface area contributed by atoms with Gasteiger partial charge in [-0.2, -0.15) is 0 Å². The van der Waals surface area contributed by atoms with Crippen molar-refractivity contribution in [3.05, 3.63) is 44.4 Å². The van der Waals surface area contributed by atoms with E-state index < -0.39 is 0 Å². The van der Waals surface area contributed by atoms with Crippen molar-refractivity contribution in [2.75, 3.05) is 0 Å². The Balaban J connectivity index is 2.26. The van der Waals surface area contributed by atoms with Gasteiger partial charge < -0.3 is 10.2 Å². The summed E-state index contributed by atoms with van der Waals surface area (Å²) < 4.78 is 6.21. The lowest BCUT2D eigenvalue weighted by Crippen LogP contribution is -2.09. The van der Waals surface area contributed by atoms with Gasteiger partial charge in [0.25, 0.3) is 0 Å². The molecule has 2 rings (SSSR count). The van der Waals surface area contributed by atoms with E-state index in [1.54, 1.807) is 11.3 Å². The van der Waals surface area contributed by atoms with Crippen molar-refractivity contribution in [1.82, 2.24) is 0 Å². The highest BCUT2D eigenvalue weighted by atomic mass is 79.9. The molecule has 0 spiro atoms. The number of nitrogens with two attached hydrogens (primary N) is 1. The van der Waals surface area contributed by atoms with E-state index in [0.29, 0.717) is 0 Å². The van der Waals surface area contributed by atoms with E-state index in [9.17, 15) is 0 Å². The van der Waals surface area contributed by atoms with E-state index in [0.717, 1.165) is 15.3 Å². The first-order valence-electron chi connectivity index (χ1n) is 5.49. The van der Waals surface area contributed by atoms with Crippen LogP contribution in [0.25, 0.3) is 0 Å². The highest BCUT2D eigenvalue weighted by Crippen LogP contribution is 2.34. The van der Waals surface area contributed by atoms with E-state index in [1.807, 2.05) is 12.1 Å².